The van der Waals surface area contributed by atoms with E-state index in [0.717, 1.165) is 17.4 Å². The number of phenols is 1. The van der Waals surface area contributed by atoms with E-state index in [0.29, 0.717) is 31.0 Å². The Balaban J connectivity index is 0.00000204. The number of anilines is 1. The van der Waals surface area contributed by atoms with E-state index < -0.39 is 11.9 Å². The maximum absolute atomic E-state index is 14.5. The number of hydrogen-bond donors (Lipinski definition) is 2. The fraction of sp³-hybridized carbons (Fsp3) is 0.375. The number of ether oxygens (including phenoxy) is 1. The van der Waals surface area contributed by atoms with Crippen LogP contribution < -0.4 is 10.2 Å². The first-order chi connectivity index (χ1) is 15.3. The molecule has 1 saturated heterocycles. The van der Waals surface area contributed by atoms with E-state index in [1.807, 2.05) is 43.9 Å². The molecule has 0 aliphatic carbocycles. The van der Waals surface area contributed by atoms with Crippen molar-refractivity contribution in [2.75, 3.05) is 24.6 Å². The minimum atomic E-state index is -0.586. The molecule has 1 aromatic heterocycles. The van der Waals surface area contributed by atoms with E-state index >= 15 is 0 Å². The van der Waals surface area contributed by atoms with E-state index in [9.17, 15) is 14.3 Å². The standard InChI is InChI=1S/C24H27FN4O3.2H2/c1-14(2)13-32-24(31)26-16-9-10-29(12-16)23-17-8-7-15(3)11-19(17)27-22(28-23)21-18(25)5-4-6-20(21)30;;/h4-8,11,14,16,30H,9-10,12-13H2,1-3H3,(H,26,31);2*1H/t16-;;/m1../s1. The normalized spacial score (nSPS) is 16.0. The summed E-state index contributed by atoms with van der Waals surface area (Å²) in [5.41, 5.74) is 1.66. The van der Waals surface area contributed by atoms with Crippen LogP contribution in [0.5, 0.6) is 5.75 Å². The third kappa shape index (κ3) is 4.59. The van der Waals surface area contributed by atoms with Gasteiger partial charge in [-0.1, -0.05) is 26.0 Å². The number of aryl methyl sites for hydroxylation is 1. The van der Waals surface area contributed by atoms with Gasteiger partial charge in [-0.25, -0.2) is 19.2 Å². The first-order valence-electron chi connectivity index (χ1n) is 10.8. The number of halogens is 1. The van der Waals surface area contributed by atoms with Gasteiger partial charge in [0.15, 0.2) is 5.82 Å². The summed E-state index contributed by atoms with van der Waals surface area (Å²) in [6.45, 7) is 7.50. The van der Waals surface area contributed by atoms with E-state index in [-0.39, 0.29) is 32.0 Å². The van der Waals surface area contributed by atoms with Crippen molar-refractivity contribution < 1.29 is 21.9 Å². The molecule has 7 nitrogen and oxygen atoms in total. The molecule has 1 aliphatic heterocycles. The smallest absolute Gasteiger partial charge is 0.407 e. The van der Waals surface area contributed by atoms with Crippen LogP contribution >= 0.6 is 0 Å². The van der Waals surface area contributed by atoms with Crippen LogP contribution in [0.1, 0.15) is 28.7 Å². The Labute approximate surface area is 189 Å². The minimum absolute atomic E-state index is 0. The van der Waals surface area contributed by atoms with Gasteiger partial charge >= 0.3 is 6.09 Å². The lowest BCUT2D eigenvalue weighted by Crippen LogP contribution is -2.38. The van der Waals surface area contributed by atoms with Gasteiger partial charge in [0.25, 0.3) is 0 Å². The zero-order valence-corrected chi connectivity index (χ0v) is 18.4. The zero-order valence-electron chi connectivity index (χ0n) is 18.4. The maximum atomic E-state index is 14.5. The molecule has 4 rings (SSSR count). The van der Waals surface area contributed by atoms with Gasteiger partial charge < -0.3 is 20.1 Å². The number of hydrogen-bond acceptors (Lipinski definition) is 6. The first kappa shape index (κ1) is 21.8. The van der Waals surface area contributed by atoms with Crippen LogP contribution in [0.2, 0.25) is 0 Å². The number of rotatable bonds is 5. The van der Waals surface area contributed by atoms with E-state index in [4.69, 9.17) is 4.74 Å². The van der Waals surface area contributed by atoms with Gasteiger partial charge in [-0.05, 0) is 49.1 Å². The van der Waals surface area contributed by atoms with Crippen molar-refractivity contribution in [1.29, 1.82) is 0 Å². The number of alkyl carbamates (subject to hydrolysis) is 1. The third-order valence-electron chi connectivity index (χ3n) is 5.41. The molecule has 32 heavy (non-hydrogen) atoms. The maximum Gasteiger partial charge on any atom is 0.407 e. The van der Waals surface area contributed by atoms with Crippen molar-refractivity contribution in [3.8, 4) is 17.1 Å². The second-order valence-corrected chi connectivity index (χ2v) is 8.59. The number of carbonyl (C=O) groups is 1. The average Bonchev–Trinajstić information content (AvgIpc) is 3.19. The van der Waals surface area contributed by atoms with Crippen LogP contribution in [0, 0.1) is 18.7 Å². The fourth-order valence-electron chi connectivity index (χ4n) is 3.83. The number of nitrogens with one attached hydrogen (secondary N) is 1. The molecule has 172 valence electrons. The van der Waals surface area contributed by atoms with Crippen LogP contribution in [-0.4, -0.2) is 46.9 Å². The lowest BCUT2D eigenvalue weighted by atomic mass is 10.1. The lowest BCUT2D eigenvalue weighted by Gasteiger charge is -2.21. The van der Waals surface area contributed by atoms with Crippen LogP contribution in [0.25, 0.3) is 22.3 Å². The van der Waals surface area contributed by atoms with Crippen molar-refractivity contribution in [3.63, 3.8) is 0 Å². The van der Waals surface area contributed by atoms with Crippen LogP contribution in [-0.2, 0) is 4.74 Å². The Morgan fingerprint density at radius 2 is 2.16 bits per heavy atom. The summed E-state index contributed by atoms with van der Waals surface area (Å²) in [4.78, 5) is 23.3. The van der Waals surface area contributed by atoms with Gasteiger partial charge in [0.2, 0.25) is 0 Å². The highest BCUT2D eigenvalue weighted by Gasteiger charge is 2.28. The van der Waals surface area contributed by atoms with E-state index in [1.54, 1.807) is 0 Å². The summed E-state index contributed by atoms with van der Waals surface area (Å²) >= 11 is 0. The van der Waals surface area contributed by atoms with Crippen LogP contribution in [0.15, 0.2) is 36.4 Å². The number of carbonyl (C=O) groups excluding carboxylic acids is 1. The summed E-state index contributed by atoms with van der Waals surface area (Å²) in [5.74, 6) is 0.243. The molecular weight excluding hydrogens is 411 g/mol. The summed E-state index contributed by atoms with van der Waals surface area (Å²) in [6, 6.07) is 9.88. The quantitative estimate of drug-likeness (QED) is 0.584. The Kier molecular flexibility index (Phi) is 6.12. The van der Waals surface area contributed by atoms with Crippen molar-refractivity contribution in [2.24, 2.45) is 5.92 Å². The largest absolute Gasteiger partial charge is 0.507 e. The molecule has 1 aliphatic rings. The second-order valence-electron chi connectivity index (χ2n) is 8.59. The van der Waals surface area contributed by atoms with E-state index in [2.05, 4.69) is 15.3 Å². The predicted molar refractivity (Wildman–Crippen MR) is 126 cm³/mol. The number of aromatic nitrogens is 2. The number of benzene rings is 2. The Morgan fingerprint density at radius 3 is 2.91 bits per heavy atom. The molecule has 0 spiro atoms. The molecule has 3 aromatic rings. The van der Waals surface area contributed by atoms with Crippen LogP contribution in [0.4, 0.5) is 15.0 Å². The SMILES string of the molecule is Cc1ccc2c(N3CC[C@@H](NC(=O)OCC(C)C)C3)nc(-c3c(O)cccc3F)nc2c1.[HH].[HH]. The fourth-order valence-corrected chi connectivity index (χ4v) is 3.83. The molecule has 1 atom stereocenters. The highest BCUT2D eigenvalue weighted by Crippen LogP contribution is 2.34. The van der Waals surface area contributed by atoms with Crippen molar-refractivity contribution in [1.82, 2.24) is 15.3 Å². The summed E-state index contributed by atoms with van der Waals surface area (Å²) in [5, 5.41) is 14.0. The minimum Gasteiger partial charge on any atom is -0.507 e. The summed E-state index contributed by atoms with van der Waals surface area (Å²) < 4.78 is 19.8. The highest BCUT2D eigenvalue weighted by atomic mass is 19.1. The molecule has 1 fully saturated rings. The molecular formula is C24H31FN4O3. The number of aromatic hydroxyl groups is 1. The Hall–Kier alpha value is -3.42. The average molecular weight is 443 g/mol. The monoisotopic (exact) mass is 442 g/mol. The molecule has 0 radical (unpaired) electrons. The molecule has 2 N–H and O–H groups in total. The molecule has 1 amide bonds. The lowest BCUT2D eigenvalue weighted by molar-refractivity contribution is 0.130. The summed E-state index contributed by atoms with van der Waals surface area (Å²) in [7, 11) is 0. The molecule has 2 aromatic carbocycles. The van der Waals surface area contributed by atoms with Gasteiger partial charge in [0.05, 0.1) is 23.7 Å². The van der Waals surface area contributed by atoms with Gasteiger partial charge in [-0.15, -0.1) is 0 Å². The number of amides is 1. The van der Waals surface area contributed by atoms with Gasteiger partial charge in [-0.2, -0.15) is 0 Å². The first-order valence-corrected chi connectivity index (χ1v) is 10.8. The van der Waals surface area contributed by atoms with E-state index in [1.165, 1.54) is 18.2 Å². The van der Waals surface area contributed by atoms with Gasteiger partial charge in [-0.3, -0.25) is 0 Å². The molecule has 0 saturated carbocycles. The van der Waals surface area contributed by atoms with Gasteiger partial charge in [0.1, 0.15) is 17.4 Å². The predicted octanol–water partition coefficient (Wildman–Crippen LogP) is 4.90. The zero-order chi connectivity index (χ0) is 22.8. The van der Waals surface area contributed by atoms with Crippen molar-refractivity contribution in [2.45, 2.75) is 33.2 Å². The molecule has 2 heterocycles. The Bertz CT molecular complexity index is 1140. The number of phenolic OH excluding ortho intramolecular Hbond substituents is 1. The number of fused-ring (bicyclic) bond motifs is 1. The van der Waals surface area contributed by atoms with Crippen LogP contribution in [0.3, 0.4) is 0 Å². The topological polar surface area (TPSA) is 87.6 Å². The molecule has 8 heteroatoms. The van der Waals surface area contributed by atoms with Crippen molar-refractivity contribution in [3.05, 3.63) is 47.8 Å². The highest BCUT2D eigenvalue weighted by molar-refractivity contribution is 5.92. The third-order valence-corrected chi connectivity index (χ3v) is 5.41. The summed E-state index contributed by atoms with van der Waals surface area (Å²) in [6.07, 6.45) is 0.305. The molecule has 0 bridgehead atoms. The molecule has 0 unspecified atom stereocenters. The van der Waals surface area contributed by atoms with Gasteiger partial charge in [0, 0.05) is 21.3 Å². The Morgan fingerprint density at radius 1 is 1.34 bits per heavy atom. The number of nitrogens with zero attached hydrogens (tertiary/aromatic N) is 3. The van der Waals surface area contributed by atoms with Crippen molar-refractivity contribution >= 4 is 22.8 Å². The second kappa shape index (κ2) is 8.98.